The Morgan fingerprint density at radius 1 is 1.42 bits per heavy atom. The van der Waals surface area contributed by atoms with Gasteiger partial charge < -0.3 is 5.32 Å². The molecule has 0 aromatic carbocycles. The third-order valence-electron chi connectivity index (χ3n) is 3.62. The van der Waals surface area contributed by atoms with Gasteiger partial charge >= 0.3 is 0 Å². The molecule has 0 saturated heterocycles. The van der Waals surface area contributed by atoms with Crippen LogP contribution in [0.15, 0.2) is 12.3 Å². The molecule has 5 heteroatoms. The molecule has 0 unspecified atom stereocenters. The number of halogens is 1. The van der Waals surface area contributed by atoms with Crippen molar-refractivity contribution in [1.29, 1.82) is 0 Å². The van der Waals surface area contributed by atoms with Crippen LogP contribution in [-0.4, -0.2) is 28.3 Å². The van der Waals surface area contributed by atoms with Crippen LogP contribution in [0.25, 0.3) is 0 Å². The Labute approximate surface area is 123 Å². The van der Waals surface area contributed by atoms with E-state index in [0.717, 1.165) is 23.8 Å². The Bertz CT molecular complexity index is 459. The molecule has 1 aromatic rings. The zero-order chi connectivity index (χ0) is 13.8. The molecular weight excluding hydrogens is 280 g/mol. The largest absolute Gasteiger partial charge is 0.382 e. The van der Waals surface area contributed by atoms with E-state index in [-0.39, 0.29) is 5.78 Å². The minimum absolute atomic E-state index is 0.0180. The average Bonchev–Trinajstić information content (AvgIpc) is 2.39. The zero-order valence-electron chi connectivity index (χ0n) is 11.3. The number of hydrogen-bond donors (Lipinski definition) is 1. The number of nitrogens with zero attached hydrogens (tertiary/aromatic N) is 1. The number of ketones is 1. The summed E-state index contributed by atoms with van der Waals surface area (Å²) in [6, 6.07) is 2.18. The monoisotopic (exact) mass is 298 g/mol. The van der Waals surface area contributed by atoms with Crippen molar-refractivity contribution in [2.24, 2.45) is 0 Å². The van der Waals surface area contributed by atoms with Crippen LogP contribution in [0.4, 0.5) is 5.69 Å². The van der Waals surface area contributed by atoms with Crippen molar-refractivity contribution in [3.8, 4) is 0 Å². The molecule has 0 bridgehead atoms. The van der Waals surface area contributed by atoms with Crippen LogP contribution in [0.2, 0.25) is 5.15 Å². The van der Waals surface area contributed by atoms with Crippen molar-refractivity contribution >= 4 is 34.8 Å². The maximum absolute atomic E-state index is 11.6. The fourth-order valence-corrected chi connectivity index (χ4v) is 3.39. The van der Waals surface area contributed by atoms with Crippen LogP contribution in [0.5, 0.6) is 0 Å². The Hall–Kier alpha value is -0.740. The van der Waals surface area contributed by atoms with Gasteiger partial charge in [0, 0.05) is 23.2 Å². The number of nitrogens with one attached hydrogen (secondary N) is 1. The third-order valence-corrected chi connectivity index (χ3v) is 4.96. The molecule has 1 N–H and O–H groups in total. The fraction of sp³-hybridized carbons (Fsp3) is 0.571. The molecule has 0 aliphatic heterocycles. The molecule has 0 amide bonds. The quantitative estimate of drug-likeness (QED) is 0.673. The highest BCUT2D eigenvalue weighted by Gasteiger charge is 2.21. The van der Waals surface area contributed by atoms with E-state index in [2.05, 4.69) is 16.6 Å². The summed E-state index contributed by atoms with van der Waals surface area (Å²) >= 11 is 7.87. The molecule has 1 aliphatic rings. The lowest BCUT2D eigenvalue weighted by molar-refractivity contribution is 0.101. The molecule has 0 radical (unpaired) electrons. The first-order valence-electron chi connectivity index (χ1n) is 6.56. The zero-order valence-corrected chi connectivity index (χ0v) is 12.9. The van der Waals surface area contributed by atoms with E-state index in [1.54, 1.807) is 19.2 Å². The highest BCUT2D eigenvalue weighted by Crippen LogP contribution is 2.30. The number of anilines is 1. The van der Waals surface area contributed by atoms with Gasteiger partial charge in [0.25, 0.3) is 0 Å². The number of aromatic nitrogens is 1. The summed E-state index contributed by atoms with van der Waals surface area (Å²) in [6.45, 7) is 1.56. The summed E-state index contributed by atoms with van der Waals surface area (Å²) < 4.78 is 0. The van der Waals surface area contributed by atoms with Crippen molar-refractivity contribution in [3.05, 3.63) is 23.0 Å². The lowest BCUT2D eigenvalue weighted by Crippen LogP contribution is -2.27. The summed E-state index contributed by atoms with van der Waals surface area (Å²) in [6.07, 6.45) is 8.47. The van der Waals surface area contributed by atoms with Gasteiger partial charge in [-0.25, -0.2) is 4.98 Å². The molecule has 0 atom stereocenters. The second-order valence-electron chi connectivity index (χ2n) is 4.96. The molecule has 0 spiro atoms. The van der Waals surface area contributed by atoms with E-state index < -0.39 is 0 Å². The van der Waals surface area contributed by atoms with Crippen molar-refractivity contribution in [1.82, 2.24) is 4.98 Å². The number of thioether (sulfide) groups is 1. The Kier molecular flexibility index (Phi) is 5.11. The van der Waals surface area contributed by atoms with Crippen LogP contribution in [0, 0.1) is 0 Å². The van der Waals surface area contributed by atoms with Crippen LogP contribution in [0.3, 0.4) is 0 Å². The molecule has 1 heterocycles. The van der Waals surface area contributed by atoms with Crippen molar-refractivity contribution in [2.45, 2.75) is 43.9 Å². The van der Waals surface area contributed by atoms with Crippen molar-refractivity contribution < 1.29 is 4.79 Å². The van der Waals surface area contributed by atoms with Crippen LogP contribution in [0.1, 0.15) is 43.0 Å². The van der Waals surface area contributed by atoms with E-state index in [9.17, 15) is 4.79 Å². The molecule has 2 rings (SSSR count). The molecule has 1 saturated carbocycles. The normalized spacial score (nSPS) is 23.1. The minimum Gasteiger partial charge on any atom is -0.382 e. The van der Waals surface area contributed by atoms with Gasteiger partial charge in [0.15, 0.2) is 5.78 Å². The molecule has 1 aromatic heterocycles. The third kappa shape index (κ3) is 3.86. The lowest BCUT2D eigenvalue weighted by Gasteiger charge is -2.29. The number of carbonyl (C=O) groups is 1. The van der Waals surface area contributed by atoms with Gasteiger partial charge in [0.1, 0.15) is 5.15 Å². The molecule has 1 aliphatic carbocycles. The van der Waals surface area contributed by atoms with E-state index >= 15 is 0 Å². The van der Waals surface area contributed by atoms with E-state index in [1.807, 2.05) is 11.8 Å². The van der Waals surface area contributed by atoms with Gasteiger partial charge in [-0.2, -0.15) is 11.8 Å². The number of hydrogen-bond acceptors (Lipinski definition) is 4. The van der Waals surface area contributed by atoms with E-state index in [0.29, 0.717) is 16.8 Å². The first-order chi connectivity index (χ1) is 9.10. The molecule has 19 heavy (non-hydrogen) atoms. The lowest BCUT2D eigenvalue weighted by atomic mass is 9.94. The van der Waals surface area contributed by atoms with Crippen molar-refractivity contribution in [3.63, 3.8) is 0 Å². The van der Waals surface area contributed by atoms with Crippen LogP contribution in [-0.2, 0) is 0 Å². The van der Waals surface area contributed by atoms with Gasteiger partial charge in [0.05, 0.1) is 5.56 Å². The number of Topliss-reactive ketones (excluding diaryl/α,β-unsaturated/α-hetero) is 1. The first kappa shape index (κ1) is 14.7. The maximum Gasteiger partial charge on any atom is 0.163 e. The second-order valence-corrected chi connectivity index (χ2v) is 6.49. The predicted octanol–water partition coefficient (Wildman–Crippen LogP) is 4.02. The first-order valence-corrected chi connectivity index (χ1v) is 8.22. The maximum atomic E-state index is 11.6. The highest BCUT2D eigenvalue weighted by atomic mass is 35.5. The summed E-state index contributed by atoms with van der Waals surface area (Å²) in [4.78, 5) is 15.6. The summed E-state index contributed by atoms with van der Waals surface area (Å²) in [5.41, 5.74) is 1.44. The van der Waals surface area contributed by atoms with E-state index in [1.165, 1.54) is 12.8 Å². The SMILES string of the molecule is CSC1CCC(Nc2cc(Cl)ncc2C(C)=O)CC1. The Morgan fingerprint density at radius 2 is 2.11 bits per heavy atom. The molecular formula is C14H19ClN2OS. The highest BCUT2D eigenvalue weighted by molar-refractivity contribution is 7.99. The van der Waals surface area contributed by atoms with E-state index in [4.69, 9.17) is 11.6 Å². The average molecular weight is 299 g/mol. The molecule has 3 nitrogen and oxygen atoms in total. The number of rotatable bonds is 4. The van der Waals surface area contributed by atoms with Gasteiger partial charge in [-0.05, 0) is 44.9 Å². The summed E-state index contributed by atoms with van der Waals surface area (Å²) in [7, 11) is 0. The Morgan fingerprint density at radius 3 is 2.68 bits per heavy atom. The van der Waals surface area contributed by atoms with Crippen LogP contribution < -0.4 is 5.32 Å². The number of pyridine rings is 1. The van der Waals surface area contributed by atoms with Gasteiger partial charge in [-0.15, -0.1) is 0 Å². The molecule has 104 valence electrons. The summed E-state index contributed by atoms with van der Waals surface area (Å²) in [5, 5.41) is 4.67. The van der Waals surface area contributed by atoms with Crippen molar-refractivity contribution in [2.75, 3.05) is 11.6 Å². The van der Waals surface area contributed by atoms with Gasteiger partial charge in [-0.3, -0.25) is 4.79 Å². The van der Waals surface area contributed by atoms with Crippen LogP contribution >= 0.6 is 23.4 Å². The number of carbonyl (C=O) groups excluding carboxylic acids is 1. The minimum atomic E-state index is 0.0180. The molecule has 1 fully saturated rings. The predicted molar refractivity (Wildman–Crippen MR) is 82.4 cm³/mol. The second kappa shape index (κ2) is 6.62. The smallest absolute Gasteiger partial charge is 0.163 e. The topological polar surface area (TPSA) is 42.0 Å². The standard InChI is InChI=1S/C14H19ClN2OS/c1-9(18)12-8-16-14(15)7-13(12)17-10-3-5-11(19-2)6-4-10/h7-8,10-11H,3-6H2,1-2H3,(H,16,17). The fourth-order valence-electron chi connectivity index (χ4n) is 2.49. The summed E-state index contributed by atoms with van der Waals surface area (Å²) in [5.74, 6) is 0.0180. The van der Waals surface area contributed by atoms with Gasteiger partial charge in [-0.1, -0.05) is 11.6 Å². The van der Waals surface area contributed by atoms with Gasteiger partial charge in [0.2, 0.25) is 0 Å². The Balaban J connectivity index is 2.06.